The van der Waals surface area contributed by atoms with E-state index in [1.807, 2.05) is 12.2 Å². The van der Waals surface area contributed by atoms with Crippen molar-refractivity contribution in [3.05, 3.63) is 136 Å². The van der Waals surface area contributed by atoms with Crippen LogP contribution in [0.1, 0.15) is 175 Å². The molecule has 2 saturated heterocycles. The topological polar surface area (TPSA) is 208 Å². The largest absolute Gasteiger partial charge is 0.417 e. The summed E-state index contributed by atoms with van der Waals surface area (Å²) >= 11 is 6.61. The number of Topliss-reactive ketones (excluding diaryl/α,β-unsaturated/α-hetero) is 1. The molecule has 0 radical (unpaired) electrons. The zero-order valence-corrected chi connectivity index (χ0v) is 55.9. The summed E-state index contributed by atoms with van der Waals surface area (Å²) in [4.78, 5) is 45.8. The number of fused-ring (bicyclic) bond motifs is 1. The number of rotatable bonds is 6. The lowest BCUT2D eigenvalue weighted by Gasteiger charge is -2.26. The van der Waals surface area contributed by atoms with Gasteiger partial charge in [0.25, 0.3) is 18.1 Å². The number of nitrogens with two attached hydrogens (primary N) is 1. The van der Waals surface area contributed by atoms with E-state index in [0.29, 0.717) is 61.5 Å². The molecule has 0 bridgehead atoms. The van der Waals surface area contributed by atoms with Gasteiger partial charge in [-0.15, -0.1) is 12.4 Å². The molecule has 14 nitrogen and oxygen atoms in total. The maximum absolute atomic E-state index is 13.5. The summed E-state index contributed by atoms with van der Waals surface area (Å²) < 4.78 is 92.9. The Morgan fingerprint density at radius 2 is 1.06 bits per heavy atom. The first-order valence-corrected chi connectivity index (χ1v) is 32.9. The van der Waals surface area contributed by atoms with Gasteiger partial charge in [0.1, 0.15) is 41.3 Å². The molecule has 1 aromatic carbocycles. The van der Waals surface area contributed by atoms with Crippen molar-refractivity contribution in [3.8, 4) is 6.26 Å². The fourth-order valence-corrected chi connectivity index (χ4v) is 11.8. The van der Waals surface area contributed by atoms with Crippen LogP contribution in [-0.4, -0.2) is 107 Å². The lowest BCUT2D eigenvalue weighted by atomic mass is 10.1. The number of hydrogen-bond acceptors (Lipinski definition) is 13. The molecule has 2 amide bonds. The monoisotopic (exact) mass is 1580 g/mol. The van der Waals surface area contributed by atoms with Crippen LogP contribution in [0.15, 0.2) is 125 Å². The Morgan fingerprint density at radius 1 is 0.552 bits per heavy atom. The predicted octanol–water partition coefficient (Wildman–Crippen LogP) is 15.8. The molecule has 9 atom stereocenters. The van der Waals surface area contributed by atoms with Crippen LogP contribution in [-0.2, 0) is 33.3 Å². The number of carbonyl (C=O) groups excluding carboxylic acids is 4. The molecule has 12 aliphatic rings. The number of aliphatic hydroxyl groups excluding tert-OH is 2. The van der Waals surface area contributed by atoms with Gasteiger partial charge >= 0.3 is 0 Å². The van der Waals surface area contributed by atoms with Gasteiger partial charge in [-0.2, -0.15) is 5.26 Å². The molecule has 1 aromatic rings. The molecular formula is C64H80ClF5I3N3O11. The molecule has 13 rings (SSSR count). The summed E-state index contributed by atoms with van der Waals surface area (Å²) in [6.45, 7) is 1.63. The van der Waals surface area contributed by atoms with Crippen molar-refractivity contribution < 1.29 is 75.0 Å². The SMILES string of the molecule is Cl.FC1=CCCC1OC1CCCCO1.IC1=CCCC1OC1CCCCO1.N#COC1CCC=C1F.NC1CCC=C1F.O=C1C=CCC1.O=C1CCC=C1I.O=C1c2ccccc2C(=O)N1C1CCC=C1F.OC1CCC=C1F.OC1CCC=C1I. The van der Waals surface area contributed by atoms with E-state index < -0.39 is 18.2 Å². The normalized spacial score (nSPS) is 27.8. The number of aliphatic hydroxyl groups is 2. The number of imide groups is 1. The fraction of sp³-hybridized carbons (Fsp3) is 0.547. The second kappa shape index (κ2) is 41.8. The molecule has 2 fully saturated rings. The van der Waals surface area contributed by atoms with Crippen molar-refractivity contribution in [2.75, 3.05) is 13.2 Å². The van der Waals surface area contributed by atoms with Gasteiger partial charge in [0.05, 0.1) is 39.0 Å². The van der Waals surface area contributed by atoms with Gasteiger partial charge in [0.2, 0.25) is 0 Å². The van der Waals surface area contributed by atoms with Crippen LogP contribution in [0.5, 0.6) is 0 Å². The highest BCUT2D eigenvalue weighted by Crippen LogP contribution is 2.34. The number of nitrogens with zero attached hydrogens (tertiary/aromatic N) is 2. The highest BCUT2D eigenvalue weighted by Gasteiger charge is 2.42. The van der Waals surface area contributed by atoms with Crippen LogP contribution >= 0.6 is 80.2 Å². The number of hydrogen-bond donors (Lipinski definition) is 3. The van der Waals surface area contributed by atoms with E-state index in [1.165, 1.54) is 40.9 Å². The van der Waals surface area contributed by atoms with E-state index in [9.17, 15) is 41.1 Å². The van der Waals surface area contributed by atoms with Crippen LogP contribution in [0.2, 0.25) is 0 Å². The second-order valence-electron chi connectivity index (χ2n) is 21.3. The Labute approximate surface area is 554 Å². The number of ketones is 2. The first-order chi connectivity index (χ1) is 41.4. The van der Waals surface area contributed by atoms with Crippen molar-refractivity contribution in [1.29, 1.82) is 5.26 Å². The smallest absolute Gasteiger partial charge is 0.287 e. The summed E-state index contributed by atoms with van der Waals surface area (Å²) in [6.07, 6.45) is 38.2. The Kier molecular flexibility index (Phi) is 36.5. The Hall–Kier alpha value is -3.50. The Bertz CT molecular complexity index is 2600. The number of allylic oxidation sites excluding steroid dienone is 11. The lowest BCUT2D eigenvalue weighted by Crippen LogP contribution is -2.39. The lowest BCUT2D eigenvalue weighted by molar-refractivity contribution is -0.182. The van der Waals surface area contributed by atoms with Crippen LogP contribution in [0.3, 0.4) is 0 Å². The number of amides is 2. The van der Waals surface area contributed by atoms with Crippen molar-refractivity contribution in [1.82, 2.24) is 4.90 Å². The maximum atomic E-state index is 13.5. The van der Waals surface area contributed by atoms with E-state index in [4.69, 9.17) is 40.2 Å². The van der Waals surface area contributed by atoms with E-state index in [2.05, 4.69) is 84.7 Å². The average Bonchev–Trinajstić information content (AvgIpc) is 2.64. The average molecular weight is 1580 g/mol. The number of halogens is 9. The van der Waals surface area contributed by atoms with Crippen LogP contribution < -0.4 is 5.73 Å². The van der Waals surface area contributed by atoms with Crippen molar-refractivity contribution in [3.63, 3.8) is 0 Å². The molecule has 87 heavy (non-hydrogen) atoms. The fourth-order valence-electron chi connectivity index (χ4n) is 9.85. The molecule has 4 N–H and O–H groups in total. The molecule has 9 aliphatic carbocycles. The Balaban J connectivity index is 0.000000214. The molecular weight excluding hydrogens is 1500 g/mol. The molecule has 0 spiro atoms. The first-order valence-electron chi connectivity index (χ1n) is 29.6. The second-order valence-corrected chi connectivity index (χ2v) is 25.0. The summed E-state index contributed by atoms with van der Waals surface area (Å²) in [6, 6.07) is 5.61. The number of benzene rings is 1. The van der Waals surface area contributed by atoms with Crippen molar-refractivity contribution in [2.45, 2.75) is 209 Å². The van der Waals surface area contributed by atoms with Gasteiger partial charge in [0.15, 0.2) is 30.3 Å². The minimum absolute atomic E-state index is 0. The van der Waals surface area contributed by atoms with Gasteiger partial charge in [-0.25, -0.2) is 22.0 Å². The van der Waals surface area contributed by atoms with Crippen LogP contribution in [0, 0.1) is 11.5 Å². The summed E-state index contributed by atoms with van der Waals surface area (Å²) in [5, 5.41) is 25.5. The molecule has 9 unspecified atom stereocenters. The number of ether oxygens (including phenoxy) is 5. The molecule has 23 heteroatoms. The number of carbonyl (C=O) groups is 4. The third-order valence-corrected chi connectivity index (χ3v) is 18.1. The highest BCUT2D eigenvalue weighted by molar-refractivity contribution is 14.1. The van der Waals surface area contributed by atoms with E-state index in [-0.39, 0.29) is 90.0 Å². The summed E-state index contributed by atoms with van der Waals surface area (Å²) in [5.41, 5.74) is 5.98. The molecule has 480 valence electrons. The number of nitriles is 1. The standard InChI is InChI=1S/C13H10FNO2.C10H15FO2.C10H15IO2.C6H6FNO.C5H8FN.C5H7FO.C5H7IO.C5H5IO.C5H6O.ClH/c14-10-6-3-7-11(10)15-12(16)8-4-1-2-5-9(8)13(15)17;2*11-8-4-3-5-9(8)13-10-6-1-2-7-12-10;7-5-2-1-3-6(5)9-4-8;4*6-4-2-1-3-5(4)7;6-5-3-1-2-4-5;/h1-2,4-6,11H,3,7H2;2*4,9-10H,1-3,5-7H2;2,6H,1,3H2;2,5H,1,3,7H2;2*2,5,7H,1,3H2;2H,1,3H2;1,3H,2,4H2;1H. The van der Waals surface area contributed by atoms with E-state index in [0.717, 1.165) is 128 Å². The summed E-state index contributed by atoms with van der Waals surface area (Å²) in [5.74, 6) is -1.50. The van der Waals surface area contributed by atoms with Gasteiger partial charge < -0.3 is 39.6 Å². The highest BCUT2D eigenvalue weighted by atomic mass is 127. The molecule has 0 aromatic heterocycles. The van der Waals surface area contributed by atoms with Crippen molar-refractivity contribution >= 4 is 104 Å². The van der Waals surface area contributed by atoms with Gasteiger partial charge in [0, 0.05) is 33.2 Å². The quantitative estimate of drug-likeness (QED) is 0.105. The zero-order chi connectivity index (χ0) is 62.4. The van der Waals surface area contributed by atoms with Gasteiger partial charge in [-0.05, 0) is 233 Å². The third kappa shape index (κ3) is 26.7. The minimum Gasteiger partial charge on any atom is -0.417 e. The third-order valence-electron chi connectivity index (χ3n) is 14.8. The first kappa shape index (κ1) is 76.0. The van der Waals surface area contributed by atoms with Gasteiger partial charge in [-0.1, -0.05) is 60.7 Å². The maximum Gasteiger partial charge on any atom is 0.287 e. The zero-order valence-electron chi connectivity index (χ0n) is 48.6. The van der Waals surface area contributed by atoms with Gasteiger partial charge in [-0.3, -0.25) is 24.1 Å². The predicted molar refractivity (Wildman–Crippen MR) is 350 cm³/mol. The van der Waals surface area contributed by atoms with Crippen LogP contribution in [0.4, 0.5) is 22.0 Å². The van der Waals surface area contributed by atoms with E-state index >= 15 is 0 Å². The van der Waals surface area contributed by atoms with E-state index in [1.54, 1.807) is 42.5 Å². The summed E-state index contributed by atoms with van der Waals surface area (Å²) in [7, 11) is 0. The minimum atomic E-state index is -0.792. The Morgan fingerprint density at radius 3 is 1.38 bits per heavy atom. The van der Waals surface area contributed by atoms with Crippen LogP contribution in [0.25, 0.3) is 0 Å². The molecule has 3 aliphatic heterocycles. The van der Waals surface area contributed by atoms with Crippen molar-refractivity contribution in [2.24, 2.45) is 5.73 Å². The molecule has 0 saturated carbocycles. The molecule has 3 heterocycles.